The van der Waals surface area contributed by atoms with E-state index < -0.39 is 0 Å². The van der Waals surface area contributed by atoms with Gasteiger partial charge in [-0.3, -0.25) is 14.4 Å². The molecule has 1 saturated carbocycles. The third-order valence-corrected chi connectivity index (χ3v) is 3.72. The van der Waals surface area contributed by atoms with Gasteiger partial charge < -0.3 is 15.2 Å². The summed E-state index contributed by atoms with van der Waals surface area (Å²) in [4.78, 5) is 35.3. The summed E-state index contributed by atoms with van der Waals surface area (Å²) < 4.78 is 1.40. The number of hydrogen-bond acceptors (Lipinski definition) is 3. The molecule has 0 radical (unpaired) electrons. The molecule has 0 aliphatic heterocycles. The van der Waals surface area contributed by atoms with E-state index in [-0.39, 0.29) is 23.3 Å². The third-order valence-electron chi connectivity index (χ3n) is 3.72. The van der Waals surface area contributed by atoms with Crippen LogP contribution in [-0.4, -0.2) is 16.4 Å². The Morgan fingerprint density at radius 1 is 1.04 bits per heavy atom. The Balaban J connectivity index is 1.65. The lowest BCUT2D eigenvalue weighted by Crippen LogP contribution is -2.20. The Morgan fingerprint density at radius 2 is 1.65 bits per heavy atom. The molecule has 118 valence electrons. The van der Waals surface area contributed by atoms with Crippen LogP contribution in [0.15, 0.2) is 47.4 Å². The SMILES string of the molecule is Cn1ccc(C(=O)Nc2ccc(NC(=O)C3CC3)cc2)cc1=O. The van der Waals surface area contributed by atoms with Crippen molar-refractivity contribution in [1.29, 1.82) is 0 Å². The number of benzene rings is 1. The number of pyridine rings is 1. The van der Waals surface area contributed by atoms with Crippen LogP contribution >= 0.6 is 0 Å². The van der Waals surface area contributed by atoms with Crippen LogP contribution < -0.4 is 16.2 Å². The maximum Gasteiger partial charge on any atom is 0.255 e. The first-order valence-corrected chi connectivity index (χ1v) is 7.42. The zero-order chi connectivity index (χ0) is 16.4. The quantitative estimate of drug-likeness (QED) is 0.906. The van der Waals surface area contributed by atoms with Gasteiger partial charge in [-0.15, -0.1) is 0 Å². The molecule has 0 saturated heterocycles. The molecule has 0 bridgehead atoms. The van der Waals surface area contributed by atoms with Gasteiger partial charge in [0, 0.05) is 42.2 Å². The minimum atomic E-state index is -0.350. The van der Waals surface area contributed by atoms with Crippen LogP contribution in [0.5, 0.6) is 0 Å². The molecule has 1 heterocycles. The van der Waals surface area contributed by atoms with Gasteiger partial charge >= 0.3 is 0 Å². The van der Waals surface area contributed by atoms with E-state index in [0.29, 0.717) is 16.9 Å². The molecular weight excluding hydrogens is 294 g/mol. The minimum absolute atomic E-state index is 0.0434. The van der Waals surface area contributed by atoms with Crippen molar-refractivity contribution in [3.63, 3.8) is 0 Å². The normalized spacial score (nSPS) is 13.4. The summed E-state index contributed by atoms with van der Waals surface area (Å²) in [7, 11) is 1.62. The number of amides is 2. The van der Waals surface area contributed by atoms with Gasteiger partial charge in [0.05, 0.1) is 0 Å². The Bertz CT molecular complexity index is 805. The molecule has 1 fully saturated rings. The van der Waals surface area contributed by atoms with Gasteiger partial charge in [-0.25, -0.2) is 0 Å². The predicted octanol–water partition coefficient (Wildman–Crippen LogP) is 1.99. The van der Waals surface area contributed by atoms with Gasteiger partial charge in [-0.05, 0) is 43.2 Å². The summed E-state index contributed by atoms with van der Waals surface area (Å²) in [6.07, 6.45) is 3.46. The number of anilines is 2. The van der Waals surface area contributed by atoms with Crippen molar-refractivity contribution in [2.45, 2.75) is 12.8 Å². The zero-order valence-electron chi connectivity index (χ0n) is 12.7. The molecule has 6 nitrogen and oxygen atoms in total. The van der Waals surface area contributed by atoms with Gasteiger partial charge in [0.2, 0.25) is 5.91 Å². The number of carbonyl (C=O) groups is 2. The molecule has 2 aromatic rings. The molecule has 1 aliphatic rings. The molecule has 2 amide bonds. The van der Waals surface area contributed by atoms with Crippen molar-refractivity contribution in [2.75, 3.05) is 10.6 Å². The first-order chi connectivity index (χ1) is 11.0. The molecule has 0 atom stereocenters. The van der Waals surface area contributed by atoms with Gasteiger partial charge in [0.15, 0.2) is 0 Å². The lowest BCUT2D eigenvalue weighted by Gasteiger charge is -2.08. The van der Waals surface area contributed by atoms with Crippen LogP contribution in [0.3, 0.4) is 0 Å². The zero-order valence-corrected chi connectivity index (χ0v) is 12.7. The molecule has 1 aromatic heterocycles. The van der Waals surface area contributed by atoms with E-state index in [1.807, 2.05) is 0 Å². The van der Waals surface area contributed by atoms with Crippen molar-refractivity contribution in [1.82, 2.24) is 4.57 Å². The topological polar surface area (TPSA) is 80.2 Å². The van der Waals surface area contributed by atoms with Crippen molar-refractivity contribution < 1.29 is 9.59 Å². The second kappa shape index (κ2) is 6.08. The van der Waals surface area contributed by atoms with E-state index in [4.69, 9.17) is 0 Å². The molecule has 1 aliphatic carbocycles. The van der Waals surface area contributed by atoms with Crippen molar-refractivity contribution in [2.24, 2.45) is 13.0 Å². The third kappa shape index (κ3) is 3.66. The number of hydrogen-bond donors (Lipinski definition) is 2. The van der Waals surface area contributed by atoms with Gasteiger partial charge in [-0.2, -0.15) is 0 Å². The first kappa shape index (κ1) is 15.0. The van der Waals surface area contributed by atoms with Crippen molar-refractivity contribution in [3.8, 4) is 0 Å². The monoisotopic (exact) mass is 311 g/mol. The fraction of sp³-hybridized carbons (Fsp3) is 0.235. The molecule has 1 aromatic carbocycles. The highest BCUT2D eigenvalue weighted by molar-refractivity contribution is 6.04. The standard InChI is InChI=1S/C17H17N3O3/c1-20-9-8-12(10-15(20)21)17(23)19-14-6-4-13(5-7-14)18-16(22)11-2-3-11/h4-11H,2-3H2,1H3,(H,18,22)(H,19,23). The average Bonchev–Trinajstić information content (AvgIpc) is 3.36. The highest BCUT2D eigenvalue weighted by atomic mass is 16.2. The average molecular weight is 311 g/mol. The Hall–Kier alpha value is -2.89. The summed E-state index contributed by atoms with van der Waals surface area (Å²) >= 11 is 0. The molecule has 0 spiro atoms. The van der Waals surface area contributed by atoms with E-state index in [1.54, 1.807) is 43.6 Å². The number of aromatic nitrogens is 1. The van der Waals surface area contributed by atoms with Crippen LogP contribution in [0.25, 0.3) is 0 Å². The Kier molecular flexibility index (Phi) is 3.97. The first-order valence-electron chi connectivity index (χ1n) is 7.42. The number of aryl methyl sites for hydroxylation is 1. The van der Waals surface area contributed by atoms with E-state index in [2.05, 4.69) is 10.6 Å². The summed E-state index contributed by atoms with van der Waals surface area (Å²) in [5.74, 6) is -0.158. The van der Waals surface area contributed by atoms with Crippen molar-refractivity contribution in [3.05, 3.63) is 58.5 Å². The highest BCUT2D eigenvalue weighted by Crippen LogP contribution is 2.30. The van der Waals surface area contributed by atoms with Crippen LogP contribution in [0.1, 0.15) is 23.2 Å². The molecule has 23 heavy (non-hydrogen) atoms. The van der Waals surface area contributed by atoms with E-state index >= 15 is 0 Å². The fourth-order valence-electron chi connectivity index (χ4n) is 2.12. The number of carbonyl (C=O) groups excluding carboxylic acids is 2. The fourth-order valence-corrected chi connectivity index (χ4v) is 2.12. The predicted molar refractivity (Wildman–Crippen MR) is 87.4 cm³/mol. The van der Waals surface area contributed by atoms with Crippen molar-refractivity contribution >= 4 is 23.2 Å². The van der Waals surface area contributed by atoms with E-state index in [9.17, 15) is 14.4 Å². The number of nitrogens with one attached hydrogen (secondary N) is 2. The maximum atomic E-state index is 12.1. The minimum Gasteiger partial charge on any atom is -0.326 e. The second-order valence-electron chi connectivity index (χ2n) is 5.66. The van der Waals surface area contributed by atoms with E-state index in [1.165, 1.54) is 10.6 Å². The Labute approximate surface area is 133 Å². The summed E-state index contributed by atoms with van der Waals surface area (Å²) in [6, 6.07) is 9.77. The highest BCUT2D eigenvalue weighted by Gasteiger charge is 2.29. The lowest BCUT2D eigenvalue weighted by molar-refractivity contribution is -0.117. The van der Waals surface area contributed by atoms with Crippen LogP contribution in [0.2, 0.25) is 0 Å². The van der Waals surface area contributed by atoms with E-state index in [0.717, 1.165) is 12.8 Å². The summed E-state index contributed by atoms with van der Waals surface area (Å²) in [6.45, 7) is 0. The van der Waals surface area contributed by atoms with Crippen LogP contribution in [0, 0.1) is 5.92 Å². The van der Waals surface area contributed by atoms with Crippen LogP contribution in [-0.2, 0) is 11.8 Å². The van der Waals surface area contributed by atoms with Crippen LogP contribution in [0.4, 0.5) is 11.4 Å². The number of nitrogens with zero attached hydrogens (tertiary/aromatic N) is 1. The number of rotatable bonds is 4. The molecule has 3 rings (SSSR count). The molecular formula is C17H17N3O3. The molecule has 0 unspecified atom stereocenters. The van der Waals surface area contributed by atoms with Gasteiger partial charge in [0.1, 0.15) is 0 Å². The van der Waals surface area contributed by atoms with Gasteiger partial charge in [-0.1, -0.05) is 0 Å². The molecule has 2 N–H and O–H groups in total. The second-order valence-corrected chi connectivity index (χ2v) is 5.66. The Morgan fingerprint density at radius 3 is 2.22 bits per heavy atom. The smallest absolute Gasteiger partial charge is 0.255 e. The lowest BCUT2D eigenvalue weighted by atomic mass is 10.2. The summed E-state index contributed by atoms with van der Waals surface area (Å²) in [5.41, 5.74) is 1.36. The summed E-state index contributed by atoms with van der Waals surface area (Å²) in [5, 5.41) is 5.55. The molecule has 6 heteroatoms. The van der Waals surface area contributed by atoms with Gasteiger partial charge in [0.25, 0.3) is 11.5 Å². The maximum absolute atomic E-state index is 12.1. The largest absolute Gasteiger partial charge is 0.326 e.